The Morgan fingerprint density at radius 2 is 1.69 bits per heavy atom. The van der Waals surface area contributed by atoms with Gasteiger partial charge in [0.2, 0.25) is 0 Å². The first-order valence-electron chi connectivity index (χ1n) is 10.5. The van der Waals surface area contributed by atoms with Gasteiger partial charge in [-0.1, -0.05) is 34.1 Å². The molecule has 4 rings (SSSR count). The first-order chi connectivity index (χ1) is 17.3. The number of esters is 1. The number of thioether (sulfide) groups is 1. The molecule has 1 aliphatic rings. The molecule has 1 aliphatic heterocycles. The third kappa shape index (κ3) is 5.66. The van der Waals surface area contributed by atoms with Gasteiger partial charge in [0.05, 0.1) is 35.7 Å². The summed E-state index contributed by atoms with van der Waals surface area (Å²) in [6.45, 7) is 0.163. The van der Waals surface area contributed by atoms with Crippen molar-refractivity contribution in [3.8, 4) is 17.2 Å². The topological polar surface area (TPSA) is 82.1 Å². The highest BCUT2D eigenvalue weighted by atomic mass is 79.9. The van der Waals surface area contributed by atoms with E-state index in [0.29, 0.717) is 21.3 Å². The number of benzene rings is 3. The Bertz CT molecular complexity index is 1370. The molecule has 10 heteroatoms. The molecule has 0 radical (unpaired) electrons. The summed E-state index contributed by atoms with van der Waals surface area (Å²) in [4.78, 5) is 39.6. The molecule has 1 fully saturated rings. The summed E-state index contributed by atoms with van der Waals surface area (Å²) in [6, 6.07) is 17.3. The predicted molar refractivity (Wildman–Crippen MR) is 144 cm³/mol. The number of hydrogen-bond acceptors (Lipinski definition) is 7. The number of amides is 2. The molecule has 7 nitrogen and oxygen atoms in total. The van der Waals surface area contributed by atoms with Crippen molar-refractivity contribution in [2.45, 2.75) is 6.54 Å². The van der Waals surface area contributed by atoms with Crippen LogP contribution in [0.15, 0.2) is 74.5 Å². The fraction of sp³-hybridized carbons (Fsp3) is 0.115. The monoisotopic (exact) mass is 631 g/mol. The van der Waals surface area contributed by atoms with Gasteiger partial charge in [-0.2, -0.15) is 0 Å². The molecule has 0 N–H and O–H groups in total. The van der Waals surface area contributed by atoms with Gasteiger partial charge in [-0.3, -0.25) is 14.5 Å². The van der Waals surface area contributed by atoms with Gasteiger partial charge in [0.1, 0.15) is 5.75 Å². The Balaban J connectivity index is 1.55. The second-order valence-electron chi connectivity index (χ2n) is 7.51. The van der Waals surface area contributed by atoms with Crippen molar-refractivity contribution in [3.05, 3.63) is 91.2 Å². The summed E-state index contributed by atoms with van der Waals surface area (Å²) in [7, 11) is 2.99. The summed E-state index contributed by atoms with van der Waals surface area (Å²) in [5.41, 5.74) is 1.76. The van der Waals surface area contributed by atoms with Gasteiger partial charge < -0.3 is 14.2 Å². The van der Waals surface area contributed by atoms with Gasteiger partial charge in [-0.05, 0) is 87.4 Å². The number of hydrogen-bond donors (Lipinski definition) is 0. The molecule has 0 atom stereocenters. The molecule has 0 aromatic heterocycles. The Morgan fingerprint density at radius 1 is 0.972 bits per heavy atom. The molecule has 1 saturated heterocycles. The number of carbonyl (C=O) groups excluding carboxylic acids is 3. The highest BCUT2D eigenvalue weighted by molar-refractivity contribution is 9.10. The molecule has 0 spiro atoms. The standard InChI is InChI=1S/C26H19Br2NO6S/c1-33-18-9-7-16(8-10-18)25(31)35-23-20(28)11-15(12-21(23)34-2)13-22-24(30)29(26(32)36-22)14-17-5-3-4-6-19(17)27/h3-13H,14H2,1-2H3/b22-13-. The maximum absolute atomic E-state index is 13.0. The highest BCUT2D eigenvalue weighted by Crippen LogP contribution is 2.40. The second kappa shape index (κ2) is 11.3. The van der Waals surface area contributed by atoms with Crippen LogP contribution in [-0.2, 0) is 11.3 Å². The smallest absolute Gasteiger partial charge is 0.343 e. The number of imide groups is 1. The molecule has 1 heterocycles. The fourth-order valence-electron chi connectivity index (χ4n) is 3.39. The first-order valence-corrected chi connectivity index (χ1v) is 12.9. The minimum atomic E-state index is -0.572. The van der Waals surface area contributed by atoms with Crippen LogP contribution in [0.1, 0.15) is 21.5 Å². The molecule has 0 unspecified atom stereocenters. The molecule has 0 saturated carbocycles. The number of nitrogens with zero attached hydrogens (tertiary/aromatic N) is 1. The van der Waals surface area contributed by atoms with Gasteiger partial charge in [-0.25, -0.2) is 4.79 Å². The van der Waals surface area contributed by atoms with Crippen molar-refractivity contribution in [1.29, 1.82) is 0 Å². The molecule has 184 valence electrons. The van der Waals surface area contributed by atoms with Crippen LogP contribution in [0.25, 0.3) is 6.08 Å². The van der Waals surface area contributed by atoms with Crippen molar-refractivity contribution >= 4 is 66.8 Å². The third-order valence-corrected chi connectivity index (χ3v) is 7.50. The summed E-state index contributed by atoms with van der Waals surface area (Å²) >= 11 is 7.74. The van der Waals surface area contributed by atoms with Gasteiger partial charge in [0.25, 0.3) is 11.1 Å². The minimum absolute atomic E-state index is 0.163. The van der Waals surface area contributed by atoms with E-state index in [4.69, 9.17) is 14.2 Å². The van der Waals surface area contributed by atoms with Crippen LogP contribution in [0.2, 0.25) is 0 Å². The average molecular weight is 633 g/mol. The molecule has 2 amide bonds. The van der Waals surface area contributed by atoms with Crippen LogP contribution < -0.4 is 14.2 Å². The van der Waals surface area contributed by atoms with Crippen LogP contribution >= 0.6 is 43.6 Å². The lowest BCUT2D eigenvalue weighted by Crippen LogP contribution is -2.27. The van der Waals surface area contributed by atoms with E-state index >= 15 is 0 Å². The first kappa shape index (κ1) is 26.0. The van der Waals surface area contributed by atoms with E-state index in [1.165, 1.54) is 12.0 Å². The Labute approximate surface area is 228 Å². The molecular formula is C26H19Br2NO6S. The van der Waals surface area contributed by atoms with Crippen LogP contribution in [0, 0.1) is 0 Å². The number of carbonyl (C=O) groups is 3. The van der Waals surface area contributed by atoms with Crippen molar-refractivity contribution in [2.24, 2.45) is 0 Å². The van der Waals surface area contributed by atoms with Gasteiger partial charge in [-0.15, -0.1) is 0 Å². The summed E-state index contributed by atoms with van der Waals surface area (Å²) in [6.07, 6.45) is 1.60. The predicted octanol–water partition coefficient (Wildman–Crippen LogP) is 6.68. The van der Waals surface area contributed by atoms with Crippen LogP contribution in [0.3, 0.4) is 0 Å². The number of rotatable bonds is 7. The number of methoxy groups -OCH3 is 2. The van der Waals surface area contributed by atoms with E-state index in [2.05, 4.69) is 31.9 Å². The minimum Gasteiger partial charge on any atom is -0.497 e. The maximum atomic E-state index is 13.0. The summed E-state index contributed by atoms with van der Waals surface area (Å²) in [5, 5.41) is -0.349. The van der Waals surface area contributed by atoms with E-state index in [9.17, 15) is 14.4 Å². The zero-order valence-electron chi connectivity index (χ0n) is 19.1. The van der Waals surface area contributed by atoms with Gasteiger partial charge in [0.15, 0.2) is 11.5 Å². The van der Waals surface area contributed by atoms with E-state index in [0.717, 1.165) is 21.8 Å². The van der Waals surface area contributed by atoms with Gasteiger partial charge in [0, 0.05) is 4.47 Å². The van der Waals surface area contributed by atoms with E-state index in [-0.39, 0.29) is 34.1 Å². The molecular weight excluding hydrogens is 614 g/mol. The number of halogens is 2. The highest BCUT2D eigenvalue weighted by Gasteiger charge is 2.35. The normalized spacial score (nSPS) is 14.3. The van der Waals surface area contributed by atoms with Gasteiger partial charge >= 0.3 is 5.97 Å². The van der Waals surface area contributed by atoms with E-state index < -0.39 is 5.97 Å². The Hall–Kier alpha value is -3.08. The maximum Gasteiger partial charge on any atom is 0.343 e. The third-order valence-electron chi connectivity index (χ3n) is 5.23. The second-order valence-corrected chi connectivity index (χ2v) is 10.2. The van der Waals surface area contributed by atoms with Crippen molar-refractivity contribution in [3.63, 3.8) is 0 Å². The zero-order chi connectivity index (χ0) is 25.8. The summed E-state index contributed by atoms with van der Waals surface area (Å²) in [5.74, 6) is 0.140. The van der Waals surface area contributed by atoms with Crippen molar-refractivity contribution < 1.29 is 28.6 Å². The lowest BCUT2D eigenvalue weighted by Gasteiger charge is -2.14. The molecule has 0 aliphatic carbocycles. The quantitative estimate of drug-likeness (QED) is 0.163. The lowest BCUT2D eigenvalue weighted by atomic mass is 10.1. The van der Waals surface area contributed by atoms with Crippen molar-refractivity contribution in [2.75, 3.05) is 14.2 Å². The summed E-state index contributed by atoms with van der Waals surface area (Å²) < 4.78 is 17.4. The molecule has 3 aromatic rings. The zero-order valence-corrected chi connectivity index (χ0v) is 23.1. The fourth-order valence-corrected chi connectivity index (χ4v) is 5.17. The van der Waals surface area contributed by atoms with Crippen LogP contribution in [-0.4, -0.2) is 36.2 Å². The molecule has 36 heavy (non-hydrogen) atoms. The molecule has 3 aromatic carbocycles. The lowest BCUT2D eigenvalue weighted by molar-refractivity contribution is -0.123. The van der Waals surface area contributed by atoms with Crippen molar-refractivity contribution in [1.82, 2.24) is 4.90 Å². The average Bonchev–Trinajstić information content (AvgIpc) is 3.13. The Morgan fingerprint density at radius 3 is 2.36 bits per heavy atom. The Kier molecular flexibility index (Phi) is 8.17. The number of ether oxygens (including phenoxy) is 3. The van der Waals surface area contributed by atoms with E-state index in [1.54, 1.807) is 49.6 Å². The van der Waals surface area contributed by atoms with Crippen LogP contribution in [0.5, 0.6) is 17.2 Å². The SMILES string of the molecule is COc1ccc(C(=O)Oc2c(Br)cc(/C=C3\SC(=O)N(Cc4ccccc4Br)C3=O)cc2OC)cc1. The van der Waals surface area contributed by atoms with Crippen LogP contribution in [0.4, 0.5) is 4.79 Å². The van der Waals surface area contributed by atoms with E-state index in [1.807, 2.05) is 24.3 Å². The molecule has 0 bridgehead atoms. The largest absolute Gasteiger partial charge is 0.497 e.